The first kappa shape index (κ1) is 22.5. The molecule has 0 amide bonds. The molecule has 0 aliphatic carbocycles. The van der Waals surface area contributed by atoms with Crippen LogP contribution in [0.3, 0.4) is 0 Å². The molecule has 32 heavy (non-hydrogen) atoms. The first-order valence-corrected chi connectivity index (χ1v) is 12.1. The number of carboxylic acids is 1. The Bertz CT molecular complexity index is 1320. The minimum atomic E-state index is -2.24. The largest absolute Gasteiger partial charge is 0.478 e. The van der Waals surface area contributed by atoms with Crippen LogP contribution in [0.4, 0.5) is 10.7 Å². The second-order valence-corrected chi connectivity index (χ2v) is 9.66. The second kappa shape index (κ2) is 9.42. The van der Waals surface area contributed by atoms with Crippen LogP contribution in [0, 0.1) is 6.92 Å². The standard InChI is InChI=1S/C24H20ClNO4S2/c1-15-21-14-19(25)9-12-22(21)31-23(15)26(32(29)30)20-10-7-16(8-11-20)5-6-17-3-2-4-18(13-17)24(27)28/h2-4,7-14H,5-6H2,1H3,(H,27,28)(H,29,30). The van der Waals surface area contributed by atoms with E-state index in [1.807, 2.05) is 55.5 Å². The number of hydrogen-bond donors (Lipinski definition) is 2. The lowest BCUT2D eigenvalue weighted by Crippen LogP contribution is -2.18. The molecule has 2 N–H and O–H groups in total. The normalized spacial score (nSPS) is 12.1. The molecule has 0 spiro atoms. The summed E-state index contributed by atoms with van der Waals surface area (Å²) in [5, 5.41) is 11.4. The van der Waals surface area contributed by atoms with E-state index in [9.17, 15) is 13.6 Å². The van der Waals surface area contributed by atoms with Gasteiger partial charge in [0.2, 0.25) is 0 Å². The number of aromatic carboxylic acids is 1. The molecule has 0 saturated carbocycles. The molecule has 0 aliphatic rings. The summed E-state index contributed by atoms with van der Waals surface area (Å²) in [6.07, 6.45) is 1.43. The molecule has 0 radical (unpaired) electrons. The first-order chi connectivity index (χ1) is 15.3. The Kier molecular flexibility index (Phi) is 6.62. The van der Waals surface area contributed by atoms with Gasteiger partial charge in [-0.2, -0.15) is 0 Å². The highest BCUT2D eigenvalue weighted by molar-refractivity contribution is 7.81. The summed E-state index contributed by atoms with van der Waals surface area (Å²) in [7, 11) is 0. The van der Waals surface area contributed by atoms with Crippen LogP contribution in [0.5, 0.6) is 0 Å². The van der Waals surface area contributed by atoms with Crippen LogP contribution in [0.15, 0.2) is 66.7 Å². The summed E-state index contributed by atoms with van der Waals surface area (Å²) in [5.41, 5.74) is 3.80. The molecule has 3 aromatic carbocycles. The van der Waals surface area contributed by atoms with Gasteiger partial charge in [0, 0.05) is 9.72 Å². The van der Waals surface area contributed by atoms with E-state index in [4.69, 9.17) is 16.7 Å². The van der Waals surface area contributed by atoms with Crippen LogP contribution in [0.25, 0.3) is 10.1 Å². The molecule has 1 heterocycles. The Hall–Kier alpha value is -2.71. The molecule has 5 nitrogen and oxygen atoms in total. The van der Waals surface area contributed by atoms with Gasteiger partial charge in [-0.1, -0.05) is 35.9 Å². The Morgan fingerprint density at radius 2 is 1.75 bits per heavy atom. The third-order valence-corrected chi connectivity index (χ3v) is 7.58. The van der Waals surface area contributed by atoms with E-state index in [-0.39, 0.29) is 5.56 Å². The maximum absolute atomic E-state index is 12.2. The SMILES string of the molecule is Cc1c(N(c2ccc(CCc3cccc(C(=O)O)c3)cc2)S(=O)O)sc2ccc(Cl)cc12. The van der Waals surface area contributed by atoms with Gasteiger partial charge >= 0.3 is 5.97 Å². The van der Waals surface area contributed by atoms with Gasteiger partial charge < -0.3 is 5.11 Å². The van der Waals surface area contributed by atoms with Crippen molar-refractivity contribution >= 4 is 60.9 Å². The van der Waals surface area contributed by atoms with E-state index >= 15 is 0 Å². The van der Waals surface area contributed by atoms with Crippen molar-refractivity contribution in [2.75, 3.05) is 4.31 Å². The fourth-order valence-corrected chi connectivity index (χ4v) is 5.77. The minimum absolute atomic E-state index is 0.277. The van der Waals surface area contributed by atoms with E-state index in [1.165, 1.54) is 15.6 Å². The zero-order valence-corrected chi connectivity index (χ0v) is 19.5. The quantitative estimate of drug-likeness (QED) is 0.288. The highest BCUT2D eigenvalue weighted by atomic mass is 35.5. The molecule has 0 bridgehead atoms. The molecule has 0 fully saturated rings. The molecule has 1 unspecified atom stereocenters. The molecule has 1 aromatic heterocycles. The summed E-state index contributed by atoms with van der Waals surface area (Å²) < 4.78 is 24.7. The smallest absolute Gasteiger partial charge is 0.335 e. The first-order valence-electron chi connectivity index (χ1n) is 9.84. The predicted molar refractivity (Wildman–Crippen MR) is 132 cm³/mol. The molecule has 0 aliphatic heterocycles. The van der Waals surface area contributed by atoms with Crippen LogP contribution < -0.4 is 4.31 Å². The van der Waals surface area contributed by atoms with E-state index in [0.717, 1.165) is 33.2 Å². The summed E-state index contributed by atoms with van der Waals surface area (Å²) in [6.45, 7) is 1.92. The zero-order valence-electron chi connectivity index (χ0n) is 17.1. The Labute approximate surface area is 197 Å². The minimum Gasteiger partial charge on any atom is -0.478 e. The topological polar surface area (TPSA) is 77.8 Å². The maximum Gasteiger partial charge on any atom is 0.335 e. The van der Waals surface area contributed by atoms with Crippen LogP contribution in [0.2, 0.25) is 5.02 Å². The lowest BCUT2D eigenvalue weighted by molar-refractivity contribution is 0.0696. The summed E-state index contributed by atoms with van der Waals surface area (Å²) in [5.74, 6) is -0.938. The third kappa shape index (κ3) is 4.71. The van der Waals surface area contributed by atoms with Crippen molar-refractivity contribution < 1.29 is 18.7 Å². The van der Waals surface area contributed by atoms with Crippen molar-refractivity contribution in [2.24, 2.45) is 0 Å². The van der Waals surface area contributed by atoms with E-state index in [0.29, 0.717) is 22.1 Å². The number of halogens is 1. The molecule has 1 atom stereocenters. The van der Waals surface area contributed by atoms with Crippen LogP contribution in [0.1, 0.15) is 27.0 Å². The third-order valence-electron chi connectivity index (χ3n) is 5.26. The van der Waals surface area contributed by atoms with Crippen LogP contribution in [-0.2, 0) is 24.1 Å². The number of nitrogens with zero attached hydrogens (tertiary/aromatic N) is 1. The molecular formula is C24H20ClNO4S2. The zero-order chi connectivity index (χ0) is 22.8. The lowest BCUT2D eigenvalue weighted by atomic mass is 10.0. The molecular weight excluding hydrogens is 466 g/mol. The number of aryl methyl sites for hydroxylation is 3. The van der Waals surface area contributed by atoms with Gasteiger partial charge in [0.1, 0.15) is 5.00 Å². The number of carboxylic acid groups (broad SMARTS) is 1. The number of rotatable bonds is 7. The highest BCUT2D eigenvalue weighted by Gasteiger charge is 2.21. The van der Waals surface area contributed by atoms with Crippen molar-refractivity contribution in [1.82, 2.24) is 0 Å². The Balaban J connectivity index is 1.56. The monoisotopic (exact) mass is 485 g/mol. The fourth-order valence-electron chi connectivity index (χ4n) is 3.60. The Morgan fingerprint density at radius 3 is 2.44 bits per heavy atom. The average molecular weight is 486 g/mol. The number of benzene rings is 3. The summed E-state index contributed by atoms with van der Waals surface area (Å²) >= 11 is 5.33. The van der Waals surface area contributed by atoms with Crippen molar-refractivity contribution in [2.45, 2.75) is 19.8 Å². The average Bonchev–Trinajstić information content (AvgIpc) is 3.09. The van der Waals surface area contributed by atoms with Gasteiger partial charge in [0.25, 0.3) is 11.3 Å². The van der Waals surface area contributed by atoms with Gasteiger partial charge in [-0.05, 0) is 84.3 Å². The van der Waals surface area contributed by atoms with Gasteiger partial charge in [-0.25, -0.2) is 13.3 Å². The lowest BCUT2D eigenvalue weighted by Gasteiger charge is -2.19. The molecule has 4 aromatic rings. The van der Waals surface area contributed by atoms with Gasteiger partial charge in [-0.15, -0.1) is 11.3 Å². The number of thiophene rings is 1. The summed E-state index contributed by atoms with van der Waals surface area (Å²) in [4.78, 5) is 11.1. The number of carbonyl (C=O) groups is 1. The van der Waals surface area contributed by atoms with Crippen molar-refractivity contribution in [3.05, 3.63) is 94.0 Å². The van der Waals surface area contributed by atoms with Crippen LogP contribution >= 0.6 is 22.9 Å². The van der Waals surface area contributed by atoms with Crippen molar-refractivity contribution in [3.63, 3.8) is 0 Å². The number of anilines is 2. The van der Waals surface area contributed by atoms with Crippen molar-refractivity contribution in [3.8, 4) is 0 Å². The molecule has 4 rings (SSSR count). The Morgan fingerprint density at radius 1 is 1.03 bits per heavy atom. The molecule has 164 valence electrons. The van der Waals surface area contributed by atoms with Gasteiger partial charge in [0.05, 0.1) is 11.3 Å². The second-order valence-electron chi connectivity index (χ2n) is 7.37. The van der Waals surface area contributed by atoms with E-state index in [1.54, 1.807) is 18.2 Å². The fraction of sp³-hybridized carbons (Fsp3) is 0.125. The number of hydrogen-bond acceptors (Lipinski definition) is 3. The maximum atomic E-state index is 12.2. The molecule has 8 heteroatoms. The summed E-state index contributed by atoms with van der Waals surface area (Å²) in [6, 6.07) is 20.0. The van der Waals surface area contributed by atoms with E-state index in [2.05, 4.69) is 0 Å². The molecule has 0 saturated heterocycles. The highest BCUT2D eigenvalue weighted by Crippen LogP contribution is 2.42. The predicted octanol–water partition coefficient (Wildman–Crippen LogP) is 6.62. The van der Waals surface area contributed by atoms with Crippen molar-refractivity contribution in [1.29, 1.82) is 0 Å². The van der Waals surface area contributed by atoms with Gasteiger partial charge in [-0.3, -0.25) is 4.55 Å². The number of fused-ring (bicyclic) bond motifs is 1. The van der Waals surface area contributed by atoms with Crippen LogP contribution in [-0.4, -0.2) is 19.8 Å². The van der Waals surface area contributed by atoms with E-state index < -0.39 is 17.2 Å². The van der Waals surface area contributed by atoms with Gasteiger partial charge in [0.15, 0.2) is 0 Å².